The summed E-state index contributed by atoms with van der Waals surface area (Å²) >= 11 is 0. The van der Waals surface area contributed by atoms with Gasteiger partial charge in [0.1, 0.15) is 0 Å². The Labute approximate surface area is 172 Å². The molecule has 0 aromatic carbocycles. The van der Waals surface area contributed by atoms with Crippen LogP contribution < -0.4 is 9.80 Å². The Balaban J connectivity index is 1.30. The molecule has 3 saturated heterocycles. The van der Waals surface area contributed by atoms with Crippen LogP contribution in [0.25, 0.3) is 0 Å². The molecule has 11 heteroatoms. The van der Waals surface area contributed by atoms with Gasteiger partial charge < -0.3 is 14.9 Å². The summed E-state index contributed by atoms with van der Waals surface area (Å²) in [5.41, 5.74) is 0. The van der Waals surface area contributed by atoms with Crippen LogP contribution in [0.3, 0.4) is 0 Å². The van der Waals surface area contributed by atoms with Crippen LogP contribution in [0.15, 0.2) is 12.1 Å². The van der Waals surface area contributed by atoms with E-state index in [0.717, 1.165) is 57.2 Å². The Morgan fingerprint density at radius 3 is 1.72 bits per heavy atom. The van der Waals surface area contributed by atoms with Gasteiger partial charge in [-0.2, -0.15) is 17.0 Å². The van der Waals surface area contributed by atoms with Crippen molar-refractivity contribution in [2.75, 3.05) is 88.4 Å². The monoisotopic (exact) mass is 425 g/mol. The first kappa shape index (κ1) is 20.7. The van der Waals surface area contributed by atoms with E-state index in [-0.39, 0.29) is 6.61 Å². The van der Waals surface area contributed by atoms with Crippen LogP contribution in [0.4, 0.5) is 11.6 Å². The van der Waals surface area contributed by atoms with Crippen molar-refractivity contribution >= 4 is 21.8 Å². The van der Waals surface area contributed by atoms with Crippen LogP contribution in [0.5, 0.6) is 0 Å². The van der Waals surface area contributed by atoms with E-state index in [4.69, 9.17) is 5.11 Å². The molecular formula is C18H31N7O3S. The maximum Gasteiger partial charge on any atom is 0.282 e. The van der Waals surface area contributed by atoms with Crippen molar-refractivity contribution < 1.29 is 13.5 Å². The first-order valence-corrected chi connectivity index (χ1v) is 11.9. The maximum atomic E-state index is 12.7. The number of anilines is 2. The highest BCUT2D eigenvalue weighted by Crippen LogP contribution is 2.21. The second-order valence-corrected chi connectivity index (χ2v) is 9.73. The number of β-amino-alcohol motifs (C(OH)–C–C–N with tert-alkyl or cyclic N) is 1. The number of rotatable bonds is 6. The second kappa shape index (κ2) is 9.09. The zero-order valence-corrected chi connectivity index (χ0v) is 17.7. The molecule has 3 aliphatic rings. The summed E-state index contributed by atoms with van der Waals surface area (Å²) in [7, 11) is -3.32. The molecular weight excluding hydrogens is 394 g/mol. The lowest BCUT2D eigenvalue weighted by Gasteiger charge is -2.36. The molecule has 10 nitrogen and oxygen atoms in total. The van der Waals surface area contributed by atoms with E-state index in [1.54, 1.807) is 8.61 Å². The Morgan fingerprint density at radius 1 is 0.759 bits per heavy atom. The summed E-state index contributed by atoms with van der Waals surface area (Å²) < 4.78 is 28.6. The third-order valence-electron chi connectivity index (χ3n) is 6.03. The summed E-state index contributed by atoms with van der Waals surface area (Å²) in [6.45, 7) is 8.00. The third kappa shape index (κ3) is 4.64. The average Bonchev–Trinajstić information content (AvgIpc) is 3.31. The van der Waals surface area contributed by atoms with Gasteiger partial charge in [0.25, 0.3) is 10.2 Å². The van der Waals surface area contributed by atoms with Gasteiger partial charge in [-0.15, -0.1) is 10.2 Å². The molecule has 0 bridgehead atoms. The van der Waals surface area contributed by atoms with E-state index >= 15 is 0 Å². The van der Waals surface area contributed by atoms with E-state index in [0.29, 0.717) is 39.3 Å². The van der Waals surface area contributed by atoms with Crippen LogP contribution >= 0.6 is 0 Å². The Morgan fingerprint density at radius 2 is 1.24 bits per heavy atom. The SMILES string of the molecule is O=S(=O)(N1CCCC1)N1CCN(c2ccc(N3CCN(CCO)CC3)nn2)CC1. The van der Waals surface area contributed by atoms with E-state index < -0.39 is 10.2 Å². The maximum absolute atomic E-state index is 12.7. The minimum atomic E-state index is -3.32. The summed E-state index contributed by atoms with van der Waals surface area (Å²) in [5, 5.41) is 17.9. The first-order valence-electron chi connectivity index (χ1n) is 10.5. The molecule has 3 aliphatic heterocycles. The first-order chi connectivity index (χ1) is 14.1. The fourth-order valence-electron chi connectivity index (χ4n) is 4.23. The van der Waals surface area contributed by atoms with Crippen LogP contribution in [0, 0.1) is 0 Å². The highest BCUT2D eigenvalue weighted by molar-refractivity contribution is 7.86. The molecule has 29 heavy (non-hydrogen) atoms. The molecule has 0 atom stereocenters. The van der Waals surface area contributed by atoms with E-state index in [2.05, 4.69) is 24.9 Å². The van der Waals surface area contributed by atoms with E-state index in [9.17, 15) is 8.42 Å². The smallest absolute Gasteiger partial charge is 0.282 e. The van der Waals surface area contributed by atoms with Crippen molar-refractivity contribution in [2.24, 2.45) is 0 Å². The Kier molecular flexibility index (Phi) is 6.50. The zero-order chi connectivity index (χ0) is 20.3. The minimum Gasteiger partial charge on any atom is -0.395 e. The van der Waals surface area contributed by atoms with Crippen molar-refractivity contribution in [3.05, 3.63) is 12.1 Å². The lowest BCUT2D eigenvalue weighted by molar-refractivity contribution is 0.188. The number of hydrogen-bond donors (Lipinski definition) is 1. The predicted molar refractivity (Wildman–Crippen MR) is 111 cm³/mol. The highest BCUT2D eigenvalue weighted by atomic mass is 32.2. The summed E-state index contributed by atoms with van der Waals surface area (Å²) in [6.07, 6.45) is 1.91. The van der Waals surface area contributed by atoms with Gasteiger partial charge in [0.05, 0.1) is 6.61 Å². The fourth-order valence-corrected chi connectivity index (χ4v) is 5.90. The summed E-state index contributed by atoms with van der Waals surface area (Å²) in [4.78, 5) is 6.56. The van der Waals surface area contributed by atoms with Gasteiger partial charge in [-0.25, -0.2) is 0 Å². The Hall–Kier alpha value is -1.53. The average molecular weight is 426 g/mol. The minimum absolute atomic E-state index is 0.196. The molecule has 0 unspecified atom stereocenters. The zero-order valence-electron chi connectivity index (χ0n) is 16.9. The quantitative estimate of drug-likeness (QED) is 0.624. The van der Waals surface area contributed by atoms with E-state index in [1.807, 2.05) is 12.1 Å². The van der Waals surface area contributed by atoms with Crippen molar-refractivity contribution in [1.82, 2.24) is 23.7 Å². The number of aromatic nitrogens is 2. The normalized spacial score (nSPS) is 23.1. The molecule has 3 fully saturated rings. The van der Waals surface area contributed by atoms with Crippen LogP contribution in [0.2, 0.25) is 0 Å². The number of piperazine rings is 2. The Bertz CT molecular complexity index is 754. The summed E-state index contributed by atoms with van der Waals surface area (Å²) in [6, 6.07) is 3.98. The number of nitrogens with zero attached hydrogens (tertiary/aromatic N) is 7. The van der Waals surface area contributed by atoms with Gasteiger partial charge in [-0.3, -0.25) is 4.90 Å². The van der Waals surface area contributed by atoms with Crippen molar-refractivity contribution in [3.8, 4) is 0 Å². The van der Waals surface area contributed by atoms with Crippen LogP contribution in [-0.4, -0.2) is 116 Å². The van der Waals surface area contributed by atoms with Gasteiger partial charge >= 0.3 is 0 Å². The third-order valence-corrected chi connectivity index (χ3v) is 8.06. The van der Waals surface area contributed by atoms with E-state index in [1.165, 1.54) is 0 Å². The largest absolute Gasteiger partial charge is 0.395 e. The molecule has 1 aromatic heterocycles. The molecule has 0 spiro atoms. The molecule has 0 radical (unpaired) electrons. The molecule has 1 aromatic rings. The van der Waals surface area contributed by atoms with Crippen molar-refractivity contribution in [2.45, 2.75) is 12.8 Å². The van der Waals surface area contributed by atoms with Gasteiger partial charge in [0, 0.05) is 72.0 Å². The van der Waals surface area contributed by atoms with Crippen LogP contribution in [-0.2, 0) is 10.2 Å². The number of aliphatic hydroxyl groups is 1. The molecule has 4 rings (SSSR count). The molecule has 0 saturated carbocycles. The topological polar surface area (TPSA) is 96.4 Å². The predicted octanol–water partition coefficient (Wildman–Crippen LogP) is -0.946. The standard InChI is InChI=1S/C18H31N7O3S/c26-16-15-21-7-9-22(10-8-21)17-3-4-18(20-19-17)23-11-13-25(14-12-23)29(27,28)24-5-1-2-6-24/h3-4,26H,1-2,5-16H2. The van der Waals surface area contributed by atoms with Gasteiger partial charge in [0.2, 0.25) is 0 Å². The molecule has 1 N–H and O–H groups in total. The molecule has 0 amide bonds. The lowest BCUT2D eigenvalue weighted by atomic mass is 10.3. The molecule has 4 heterocycles. The number of hydrogen-bond acceptors (Lipinski definition) is 8. The van der Waals surface area contributed by atoms with Gasteiger partial charge in [-0.05, 0) is 25.0 Å². The van der Waals surface area contributed by atoms with Crippen molar-refractivity contribution in [3.63, 3.8) is 0 Å². The lowest BCUT2D eigenvalue weighted by Crippen LogP contribution is -2.52. The molecule has 0 aliphatic carbocycles. The summed E-state index contributed by atoms with van der Waals surface area (Å²) in [5.74, 6) is 1.67. The fraction of sp³-hybridized carbons (Fsp3) is 0.778. The van der Waals surface area contributed by atoms with Crippen LogP contribution in [0.1, 0.15) is 12.8 Å². The highest BCUT2D eigenvalue weighted by Gasteiger charge is 2.34. The van der Waals surface area contributed by atoms with Crippen molar-refractivity contribution in [1.29, 1.82) is 0 Å². The van der Waals surface area contributed by atoms with Gasteiger partial charge in [-0.1, -0.05) is 0 Å². The second-order valence-electron chi connectivity index (χ2n) is 7.80. The number of aliphatic hydroxyl groups excluding tert-OH is 1. The van der Waals surface area contributed by atoms with Gasteiger partial charge in [0.15, 0.2) is 11.6 Å². The molecule has 162 valence electrons.